The van der Waals surface area contributed by atoms with Crippen molar-refractivity contribution in [2.45, 2.75) is 0 Å². The van der Waals surface area contributed by atoms with Crippen LogP contribution >= 0.6 is 11.6 Å². The smallest absolute Gasteiger partial charge is 0.343 e. The summed E-state index contributed by atoms with van der Waals surface area (Å²) in [4.78, 5) is 24.7. The first-order chi connectivity index (χ1) is 15.0. The Balaban J connectivity index is 1.71. The van der Waals surface area contributed by atoms with Gasteiger partial charge in [0.15, 0.2) is 0 Å². The Morgan fingerprint density at radius 1 is 1.03 bits per heavy atom. The number of methoxy groups -OCH3 is 1. The van der Waals surface area contributed by atoms with Crippen LogP contribution in [0.4, 0.5) is 5.69 Å². The zero-order valence-electron chi connectivity index (χ0n) is 16.5. The predicted molar refractivity (Wildman–Crippen MR) is 118 cm³/mol. The van der Waals surface area contributed by atoms with Crippen molar-refractivity contribution < 1.29 is 19.1 Å². The number of nitrogens with one attached hydrogen (secondary N) is 1. The Bertz CT molecular complexity index is 1180. The van der Waals surface area contributed by atoms with Crippen molar-refractivity contribution in [2.75, 3.05) is 12.4 Å². The molecule has 0 fully saturated rings. The second kappa shape index (κ2) is 10.1. The average molecular weight is 433 g/mol. The highest BCUT2D eigenvalue weighted by Gasteiger charge is 2.13. The molecule has 0 atom stereocenters. The number of halogens is 1. The molecule has 0 aliphatic heterocycles. The standard InChI is InChI=1S/C24H17ClN2O4/c1-30-22-8-3-2-7-21(22)27-23(28)18(15-26)13-16-9-11-20(12-10-16)31-24(29)17-5-4-6-19(25)14-17/h2-14H,1H3,(H,27,28)/b18-13+. The third kappa shape index (κ3) is 5.72. The highest BCUT2D eigenvalue weighted by molar-refractivity contribution is 6.30. The van der Waals surface area contributed by atoms with Gasteiger partial charge in [0.05, 0.1) is 18.4 Å². The van der Waals surface area contributed by atoms with Gasteiger partial charge in [0.1, 0.15) is 23.1 Å². The molecule has 0 bridgehead atoms. The number of nitriles is 1. The summed E-state index contributed by atoms with van der Waals surface area (Å²) in [6, 6.07) is 21.6. The number of benzene rings is 3. The number of para-hydroxylation sites is 2. The summed E-state index contributed by atoms with van der Waals surface area (Å²) >= 11 is 5.89. The molecule has 0 saturated carbocycles. The number of rotatable bonds is 6. The van der Waals surface area contributed by atoms with Gasteiger partial charge in [0, 0.05) is 5.02 Å². The van der Waals surface area contributed by atoms with Crippen LogP contribution in [0.5, 0.6) is 11.5 Å². The molecule has 0 aromatic heterocycles. The lowest BCUT2D eigenvalue weighted by Crippen LogP contribution is -2.14. The highest BCUT2D eigenvalue weighted by Crippen LogP contribution is 2.24. The van der Waals surface area contributed by atoms with Crippen molar-refractivity contribution >= 4 is 35.2 Å². The zero-order chi connectivity index (χ0) is 22.2. The van der Waals surface area contributed by atoms with Crippen LogP contribution in [0.2, 0.25) is 5.02 Å². The van der Waals surface area contributed by atoms with E-state index in [1.807, 2.05) is 6.07 Å². The number of ether oxygens (including phenoxy) is 2. The van der Waals surface area contributed by atoms with Gasteiger partial charge >= 0.3 is 5.97 Å². The molecule has 3 rings (SSSR count). The van der Waals surface area contributed by atoms with E-state index in [0.717, 1.165) is 0 Å². The van der Waals surface area contributed by atoms with Crippen molar-refractivity contribution in [3.8, 4) is 17.6 Å². The SMILES string of the molecule is COc1ccccc1NC(=O)/C(C#N)=C/c1ccc(OC(=O)c2cccc(Cl)c2)cc1. The Labute approximate surface area is 184 Å². The number of anilines is 1. The van der Waals surface area contributed by atoms with Crippen LogP contribution in [-0.2, 0) is 4.79 Å². The van der Waals surface area contributed by atoms with E-state index in [1.54, 1.807) is 66.7 Å². The molecular formula is C24H17ClN2O4. The van der Waals surface area contributed by atoms with Gasteiger partial charge in [-0.1, -0.05) is 41.9 Å². The fraction of sp³-hybridized carbons (Fsp3) is 0.0417. The summed E-state index contributed by atoms with van der Waals surface area (Å²) in [7, 11) is 1.49. The van der Waals surface area contributed by atoms with Gasteiger partial charge in [0.25, 0.3) is 5.91 Å². The average Bonchev–Trinajstić information content (AvgIpc) is 2.78. The summed E-state index contributed by atoms with van der Waals surface area (Å²) < 4.78 is 10.5. The highest BCUT2D eigenvalue weighted by atomic mass is 35.5. The largest absolute Gasteiger partial charge is 0.495 e. The molecule has 0 heterocycles. The van der Waals surface area contributed by atoms with Gasteiger partial charge in [-0.25, -0.2) is 4.79 Å². The molecule has 0 saturated heterocycles. The minimum Gasteiger partial charge on any atom is -0.495 e. The third-order valence-corrected chi connectivity index (χ3v) is 4.42. The van der Waals surface area contributed by atoms with E-state index in [1.165, 1.54) is 19.3 Å². The molecule has 0 unspecified atom stereocenters. The van der Waals surface area contributed by atoms with Crippen molar-refractivity contribution in [3.63, 3.8) is 0 Å². The second-order valence-electron chi connectivity index (χ2n) is 6.29. The van der Waals surface area contributed by atoms with E-state index in [2.05, 4.69) is 5.32 Å². The van der Waals surface area contributed by atoms with Crippen LogP contribution in [0.15, 0.2) is 78.4 Å². The molecule has 0 spiro atoms. The summed E-state index contributed by atoms with van der Waals surface area (Å²) in [6.07, 6.45) is 1.44. The van der Waals surface area contributed by atoms with Crippen LogP contribution in [-0.4, -0.2) is 19.0 Å². The molecule has 6 nitrogen and oxygen atoms in total. The van der Waals surface area contributed by atoms with Crippen LogP contribution in [0.25, 0.3) is 6.08 Å². The Morgan fingerprint density at radius 2 is 1.77 bits per heavy atom. The molecule has 1 amide bonds. The fourth-order valence-electron chi connectivity index (χ4n) is 2.67. The van der Waals surface area contributed by atoms with Gasteiger partial charge in [-0.05, 0) is 54.1 Å². The summed E-state index contributed by atoms with van der Waals surface area (Å²) in [5.74, 6) is -0.304. The fourth-order valence-corrected chi connectivity index (χ4v) is 2.86. The van der Waals surface area contributed by atoms with E-state index < -0.39 is 11.9 Å². The number of hydrogen-bond donors (Lipinski definition) is 1. The van der Waals surface area contributed by atoms with Gasteiger partial charge in [-0.3, -0.25) is 4.79 Å². The molecule has 0 aliphatic carbocycles. The number of carbonyl (C=O) groups excluding carboxylic acids is 2. The Morgan fingerprint density at radius 3 is 2.45 bits per heavy atom. The molecule has 31 heavy (non-hydrogen) atoms. The van der Waals surface area contributed by atoms with Gasteiger partial charge in [-0.15, -0.1) is 0 Å². The molecule has 3 aromatic rings. The van der Waals surface area contributed by atoms with E-state index >= 15 is 0 Å². The minimum absolute atomic E-state index is 0.0884. The number of carbonyl (C=O) groups is 2. The Kier molecular flexibility index (Phi) is 7.05. The molecule has 0 aliphatic rings. The van der Waals surface area contributed by atoms with Gasteiger partial charge < -0.3 is 14.8 Å². The maximum absolute atomic E-state index is 12.5. The van der Waals surface area contributed by atoms with E-state index in [0.29, 0.717) is 33.3 Å². The maximum Gasteiger partial charge on any atom is 0.343 e. The van der Waals surface area contributed by atoms with E-state index in [-0.39, 0.29) is 5.57 Å². The summed E-state index contributed by atoms with van der Waals surface area (Å²) in [5.41, 5.74) is 1.29. The number of esters is 1. The monoisotopic (exact) mass is 432 g/mol. The Hall–Kier alpha value is -4.08. The lowest BCUT2D eigenvalue weighted by molar-refractivity contribution is -0.112. The topological polar surface area (TPSA) is 88.4 Å². The quantitative estimate of drug-likeness (QED) is 0.253. The van der Waals surface area contributed by atoms with Gasteiger partial charge in [0.2, 0.25) is 0 Å². The number of amides is 1. The van der Waals surface area contributed by atoms with Crippen LogP contribution in [0, 0.1) is 11.3 Å². The molecule has 154 valence electrons. The molecule has 1 N–H and O–H groups in total. The lowest BCUT2D eigenvalue weighted by atomic mass is 10.1. The normalized spacial score (nSPS) is 10.7. The van der Waals surface area contributed by atoms with Crippen molar-refractivity contribution in [3.05, 3.63) is 94.5 Å². The minimum atomic E-state index is -0.566. The van der Waals surface area contributed by atoms with Crippen LogP contribution < -0.4 is 14.8 Å². The van der Waals surface area contributed by atoms with E-state index in [4.69, 9.17) is 21.1 Å². The maximum atomic E-state index is 12.5. The van der Waals surface area contributed by atoms with Crippen LogP contribution in [0.3, 0.4) is 0 Å². The zero-order valence-corrected chi connectivity index (χ0v) is 17.2. The van der Waals surface area contributed by atoms with Crippen molar-refractivity contribution in [1.82, 2.24) is 0 Å². The van der Waals surface area contributed by atoms with Crippen LogP contribution in [0.1, 0.15) is 15.9 Å². The summed E-state index contributed by atoms with van der Waals surface area (Å²) in [5, 5.41) is 12.5. The van der Waals surface area contributed by atoms with E-state index in [9.17, 15) is 14.9 Å². The number of hydrogen-bond acceptors (Lipinski definition) is 5. The first-order valence-electron chi connectivity index (χ1n) is 9.14. The first kappa shape index (κ1) is 21.6. The van der Waals surface area contributed by atoms with Gasteiger partial charge in [-0.2, -0.15) is 5.26 Å². The molecule has 3 aromatic carbocycles. The lowest BCUT2D eigenvalue weighted by Gasteiger charge is -2.09. The first-order valence-corrected chi connectivity index (χ1v) is 9.52. The van der Waals surface area contributed by atoms with Crippen molar-refractivity contribution in [1.29, 1.82) is 5.26 Å². The molecular weight excluding hydrogens is 416 g/mol. The predicted octanol–water partition coefficient (Wildman–Crippen LogP) is 5.11. The second-order valence-corrected chi connectivity index (χ2v) is 6.73. The molecule has 0 radical (unpaired) electrons. The third-order valence-electron chi connectivity index (χ3n) is 4.18. The summed E-state index contributed by atoms with van der Waals surface area (Å²) in [6.45, 7) is 0. The van der Waals surface area contributed by atoms with Crippen molar-refractivity contribution in [2.24, 2.45) is 0 Å². The number of nitrogens with zero attached hydrogens (tertiary/aromatic N) is 1. The molecule has 7 heteroatoms.